The Hall–Kier alpha value is -1.78. The topological polar surface area (TPSA) is 27.7 Å². The summed E-state index contributed by atoms with van der Waals surface area (Å²) in [6, 6.07) is 20.6. The molecule has 0 aliphatic rings. The van der Waals surface area contributed by atoms with Crippen molar-refractivity contribution in [3.05, 3.63) is 60.7 Å². The van der Waals surface area contributed by atoms with Gasteiger partial charge in [-0.25, -0.2) is 0 Å². The lowest BCUT2D eigenvalue weighted by Gasteiger charge is -2.23. The van der Waals surface area contributed by atoms with E-state index < -0.39 is 9.76 Å². The summed E-state index contributed by atoms with van der Waals surface area (Å²) in [6.45, 7) is 7.08. The molecule has 0 N–H and O–H groups in total. The molecule has 4 heteroatoms. The summed E-state index contributed by atoms with van der Waals surface area (Å²) in [5.41, 5.74) is 0.295. The Morgan fingerprint density at radius 2 is 1.43 bits per heavy atom. The second kappa shape index (κ2) is 8.75. The number of ether oxygens (including phenoxy) is 2. The third-order valence-electron chi connectivity index (χ3n) is 3.30. The van der Waals surface area contributed by atoms with Crippen LogP contribution < -0.4 is 9.47 Å². The largest absolute Gasteiger partial charge is 0.487 e. The molecule has 0 aliphatic carbocycles. The Morgan fingerprint density at radius 1 is 0.870 bits per heavy atom. The number of hydrogen-bond donors (Lipinski definition) is 0. The van der Waals surface area contributed by atoms with Crippen molar-refractivity contribution in [2.75, 3.05) is 6.61 Å². The number of benzene rings is 2. The average Bonchev–Trinajstić information content (AvgIpc) is 2.53. The predicted molar refractivity (Wildman–Crippen MR) is 96.7 cm³/mol. The highest BCUT2D eigenvalue weighted by Gasteiger charge is 2.16. The first kappa shape index (κ1) is 17.6. The Bertz CT molecular complexity index is 552. The van der Waals surface area contributed by atoms with Gasteiger partial charge in [0.05, 0.1) is 0 Å². The van der Waals surface area contributed by atoms with Gasteiger partial charge in [0.2, 0.25) is 6.29 Å². The van der Waals surface area contributed by atoms with Crippen LogP contribution in [0.25, 0.3) is 0 Å². The predicted octanol–water partition coefficient (Wildman–Crippen LogP) is 4.04. The minimum absolute atomic E-state index is 0.295. The first-order valence-corrected chi connectivity index (χ1v) is 9.62. The summed E-state index contributed by atoms with van der Waals surface area (Å²) in [5.74, 6) is 1.63. The number of para-hydroxylation sites is 2. The zero-order valence-corrected chi connectivity index (χ0v) is 15.6. The quantitative estimate of drug-likeness (QED) is 0.540. The van der Waals surface area contributed by atoms with Crippen molar-refractivity contribution >= 4 is 9.76 Å². The third-order valence-corrected chi connectivity index (χ3v) is 5.61. The van der Waals surface area contributed by atoms with Crippen LogP contribution in [-0.2, 0) is 4.43 Å². The van der Waals surface area contributed by atoms with Crippen molar-refractivity contribution in [3.8, 4) is 11.5 Å². The van der Waals surface area contributed by atoms with E-state index in [0.717, 1.165) is 17.5 Å². The second-order valence-electron chi connectivity index (χ2n) is 6.67. The van der Waals surface area contributed by atoms with Crippen molar-refractivity contribution in [2.24, 2.45) is 5.41 Å². The van der Waals surface area contributed by atoms with E-state index in [1.807, 2.05) is 60.7 Å². The van der Waals surface area contributed by atoms with Crippen LogP contribution in [0.4, 0.5) is 0 Å². The van der Waals surface area contributed by atoms with Crippen LogP contribution in [0, 0.1) is 5.41 Å². The van der Waals surface area contributed by atoms with Gasteiger partial charge in [-0.3, -0.25) is 0 Å². The smallest absolute Gasteiger partial charge is 0.224 e. The highest BCUT2D eigenvalue weighted by atomic mass is 28.2. The van der Waals surface area contributed by atoms with E-state index in [2.05, 4.69) is 20.8 Å². The molecule has 23 heavy (non-hydrogen) atoms. The lowest BCUT2D eigenvalue weighted by Crippen LogP contribution is -2.30. The molecule has 1 unspecified atom stereocenters. The summed E-state index contributed by atoms with van der Waals surface area (Å²) in [7, 11) is -0.661. The van der Waals surface area contributed by atoms with Crippen LogP contribution >= 0.6 is 0 Å². The van der Waals surface area contributed by atoms with Gasteiger partial charge in [0.1, 0.15) is 18.1 Å². The van der Waals surface area contributed by atoms with E-state index in [4.69, 9.17) is 13.9 Å². The molecule has 2 aromatic carbocycles. The summed E-state index contributed by atoms with van der Waals surface area (Å²) < 4.78 is 17.8. The molecule has 2 aromatic rings. The van der Waals surface area contributed by atoms with Gasteiger partial charge in [0, 0.05) is 0 Å². The van der Waals surface area contributed by atoms with Crippen LogP contribution in [0.15, 0.2) is 60.7 Å². The fourth-order valence-electron chi connectivity index (χ4n) is 1.94. The minimum Gasteiger partial charge on any atom is -0.487 e. The van der Waals surface area contributed by atoms with Crippen LogP contribution in [0.2, 0.25) is 6.04 Å². The first-order valence-electron chi connectivity index (χ1n) is 8.04. The van der Waals surface area contributed by atoms with E-state index in [1.165, 1.54) is 0 Å². The molecule has 0 aromatic heterocycles. The molecule has 0 radical (unpaired) electrons. The van der Waals surface area contributed by atoms with Crippen LogP contribution in [0.1, 0.15) is 20.8 Å². The molecule has 124 valence electrons. The molecule has 0 fully saturated rings. The summed E-state index contributed by atoms with van der Waals surface area (Å²) in [4.78, 5) is 0. The van der Waals surface area contributed by atoms with E-state index in [9.17, 15) is 0 Å². The monoisotopic (exact) mass is 330 g/mol. The van der Waals surface area contributed by atoms with Gasteiger partial charge in [-0.1, -0.05) is 57.2 Å². The van der Waals surface area contributed by atoms with E-state index in [1.54, 1.807) is 0 Å². The summed E-state index contributed by atoms with van der Waals surface area (Å²) >= 11 is 0. The zero-order chi connectivity index (χ0) is 16.5. The molecule has 0 heterocycles. The maximum Gasteiger partial charge on any atom is 0.224 e. The Kier molecular flexibility index (Phi) is 6.68. The lowest BCUT2D eigenvalue weighted by molar-refractivity contribution is -0.0270. The van der Waals surface area contributed by atoms with Crippen molar-refractivity contribution in [2.45, 2.75) is 33.1 Å². The molecule has 3 nitrogen and oxygen atoms in total. The van der Waals surface area contributed by atoms with Gasteiger partial charge in [-0.15, -0.1) is 0 Å². The van der Waals surface area contributed by atoms with Crippen LogP contribution in [-0.4, -0.2) is 22.7 Å². The lowest BCUT2D eigenvalue weighted by atomic mass is 10.0. The molecule has 0 amide bonds. The standard InChI is InChI=1S/C19H26O3Si/c1-19(2,3)15-23-22-18(21-17-12-8-5-9-13-17)14-20-16-10-6-4-7-11-16/h4-13,18H,14-15,23H2,1-3H3. The normalized spacial score (nSPS) is 13.2. The van der Waals surface area contributed by atoms with Gasteiger partial charge in [0.25, 0.3) is 0 Å². The summed E-state index contributed by atoms with van der Waals surface area (Å²) in [5, 5.41) is 0. The second-order valence-corrected chi connectivity index (χ2v) is 7.91. The van der Waals surface area contributed by atoms with Gasteiger partial charge in [-0.2, -0.15) is 0 Å². The average molecular weight is 331 g/mol. The molecule has 0 bridgehead atoms. The Morgan fingerprint density at radius 3 is 2.00 bits per heavy atom. The number of rotatable bonds is 8. The fourth-order valence-corrected chi connectivity index (χ4v) is 3.10. The van der Waals surface area contributed by atoms with Crippen LogP contribution in [0.5, 0.6) is 11.5 Å². The molecular formula is C19H26O3Si. The van der Waals surface area contributed by atoms with Gasteiger partial charge < -0.3 is 13.9 Å². The van der Waals surface area contributed by atoms with Gasteiger partial charge in [-0.05, 0) is 35.7 Å². The molecule has 2 rings (SSSR count). The van der Waals surface area contributed by atoms with Crippen molar-refractivity contribution in [3.63, 3.8) is 0 Å². The molecule has 1 atom stereocenters. The number of hydrogen-bond acceptors (Lipinski definition) is 3. The first-order chi connectivity index (χ1) is 11.0. The maximum absolute atomic E-state index is 6.04. The van der Waals surface area contributed by atoms with Gasteiger partial charge >= 0.3 is 0 Å². The van der Waals surface area contributed by atoms with Crippen molar-refractivity contribution in [1.29, 1.82) is 0 Å². The third kappa shape index (κ3) is 7.35. The van der Waals surface area contributed by atoms with Crippen LogP contribution in [0.3, 0.4) is 0 Å². The van der Waals surface area contributed by atoms with E-state index in [0.29, 0.717) is 12.0 Å². The molecule has 0 aliphatic heterocycles. The minimum atomic E-state index is -0.661. The van der Waals surface area contributed by atoms with Gasteiger partial charge in [0.15, 0.2) is 9.76 Å². The summed E-state index contributed by atoms with van der Waals surface area (Å²) in [6.07, 6.45) is -0.369. The zero-order valence-electron chi connectivity index (χ0n) is 14.2. The van der Waals surface area contributed by atoms with Crippen molar-refractivity contribution < 1.29 is 13.9 Å². The molecule has 0 spiro atoms. The Labute approximate surface area is 141 Å². The van der Waals surface area contributed by atoms with Crippen molar-refractivity contribution in [1.82, 2.24) is 0 Å². The Balaban J connectivity index is 1.90. The molecule has 0 saturated heterocycles. The molecule has 0 saturated carbocycles. The van der Waals surface area contributed by atoms with E-state index in [-0.39, 0.29) is 6.29 Å². The highest BCUT2D eigenvalue weighted by Crippen LogP contribution is 2.19. The SMILES string of the molecule is CC(C)(C)C[SiH2]OC(COc1ccccc1)Oc1ccccc1. The highest BCUT2D eigenvalue weighted by molar-refractivity contribution is 6.27. The maximum atomic E-state index is 6.04. The van der Waals surface area contributed by atoms with E-state index >= 15 is 0 Å². The fraction of sp³-hybridized carbons (Fsp3) is 0.368. The molecular weight excluding hydrogens is 304 g/mol.